The van der Waals surface area contributed by atoms with Gasteiger partial charge in [-0.3, -0.25) is 9.59 Å². The number of hydrogen-bond acceptors (Lipinski definition) is 3. The van der Waals surface area contributed by atoms with Crippen LogP contribution in [0.15, 0.2) is 0 Å². The molecule has 5 heteroatoms. The van der Waals surface area contributed by atoms with Crippen molar-refractivity contribution in [2.75, 3.05) is 13.2 Å². The van der Waals surface area contributed by atoms with Gasteiger partial charge in [0.25, 0.3) is 0 Å². The molecule has 19 heavy (non-hydrogen) atoms. The molecular formula is C14H27NO4. The van der Waals surface area contributed by atoms with Gasteiger partial charge >= 0.3 is 5.97 Å². The molecule has 0 saturated carbocycles. The van der Waals surface area contributed by atoms with E-state index < -0.39 is 5.97 Å². The molecular weight excluding hydrogens is 246 g/mol. The Morgan fingerprint density at radius 1 is 1.16 bits per heavy atom. The summed E-state index contributed by atoms with van der Waals surface area (Å²) in [5.74, 6) is -0.190. The first-order valence-electron chi connectivity index (χ1n) is 7.04. The zero-order valence-electron chi connectivity index (χ0n) is 12.3. The maximum Gasteiger partial charge on any atom is 0.305 e. The third-order valence-corrected chi connectivity index (χ3v) is 3.12. The molecule has 0 spiro atoms. The summed E-state index contributed by atoms with van der Waals surface area (Å²) < 4.78 is 5.18. The van der Waals surface area contributed by atoms with Crippen molar-refractivity contribution >= 4 is 11.9 Å². The van der Waals surface area contributed by atoms with E-state index in [1.165, 1.54) is 0 Å². The molecule has 0 rings (SSSR count). The highest BCUT2D eigenvalue weighted by molar-refractivity contribution is 5.76. The van der Waals surface area contributed by atoms with Crippen LogP contribution in [-0.4, -0.2) is 36.2 Å². The van der Waals surface area contributed by atoms with Gasteiger partial charge in [0.15, 0.2) is 0 Å². The first kappa shape index (κ1) is 17.9. The molecule has 0 aromatic heterocycles. The lowest BCUT2D eigenvalue weighted by Crippen LogP contribution is -2.33. The van der Waals surface area contributed by atoms with Crippen LogP contribution in [-0.2, 0) is 14.3 Å². The van der Waals surface area contributed by atoms with Gasteiger partial charge in [0.1, 0.15) is 0 Å². The molecule has 0 bridgehead atoms. The van der Waals surface area contributed by atoms with Crippen LogP contribution in [0.3, 0.4) is 0 Å². The second-order valence-electron chi connectivity index (χ2n) is 5.07. The molecule has 1 amide bonds. The van der Waals surface area contributed by atoms with E-state index in [1.54, 1.807) is 0 Å². The third-order valence-electron chi connectivity index (χ3n) is 3.12. The molecule has 0 aromatic rings. The van der Waals surface area contributed by atoms with Crippen LogP contribution in [0.1, 0.15) is 52.9 Å². The van der Waals surface area contributed by atoms with Crippen LogP contribution in [0, 0.1) is 5.92 Å². The van der Waals surface area contributed by atoms with Crippen LogP contribution >= 0.6 is 0 Å². The largest absolute Gasteiger partial charge is 0.481 e. The molecule has 0 heterocycles. The molecule has 0 aliphatic heterocycles. The van der Waals surface area contributed by atoms with Crippen LogP contribution in [0.25, 0.3) is 0 Å². The van der Waals surface area contributed by atoms with Gasteiger partial charge < -0.3 is 15.2 Å². The Bertz CT molecular complexity index is 268. The molecule has 0 aliphatic carbocycles. The first-order valence-corrected chi connectivity index (χ1v) is 7.04. The number of rotatable bonds is 11. The fourth-order valence-electron chi connectivity index (χ4n) is 1.52. The van der Waals surface area contributed by atoms with E-state index in [2.05, 4.69) is 19.2 Å². The first-order chi connectivity index (χ1) is 8.95. The lowest BCUT2D eigenvalue weighted by Gasteiger charge is -2.15. The minimum absolute atomic E-state index is 0.0235. The monoisotopic (exact) mass is 273 g/mol. The lowest BCUT2D eigenvalue weighted by atomic mass is 10.0. The second-order valence-corrected chi connectivity index (χ2v) is 5.07. The quantitative estimate of drug-likeness (QED) is 0.566. The molecule has 0 radical (unpaired) electrons. The smallest absolute Gasteiger partial charge is 0.305 e. The average Bonchev–Trinajstić information content (AvgIpc) is 2.35. The highest BCUT2D eigenvalue weighted by Gasteiger charge is 2.09. The van der Waals surface area contributed by atoms with Gasteiger partial charge in [0.05, 0.1) is 13.0 Å². The van der Waals surface area contributed by atoms with Crippen molar-refractivity contribution in [1.29, 1.82) is 0 Å². The zero-order chi connectivity index (χ0) is 14.7. The highest BCUT2D eigenvalue weighted by atomic mass is 16.5. The SMILES string of the molecule is CCC(C)CCC(=O)NC(C)CCOCCC(=O)O. The molecule has 2 unspecified atom stereocenters. The van der Waals surface area contributed by atoms with Gasteiger partial charge in [-0.1, -0.05) is 20.3 Å². The number of carbonyl (C=O) groups is 2. The van der Waals surface area contributed by atoms with Crippen LogP contribution in [0.5, 0.6) is 0 Å². The number of hydrogen-bond donors (Lipinski definition) is 2. The fourth-order valence-corrected chi connectivity index (χ4v) is 1.52. The average molecular weight is 273 g/mol. The normalized spacial score (nSPS) is 13.8. The molecule has 5 nitrogen and oxygen atoms in total. The summed E-state index contributed by atoms with van der Waals surface area (Å²) in [7, 11) is 0. The van der Waals surface area contributed by atoms with E-state index in [0.29, 0.717) is 25.4 Å². The Hall–Kier alpha value is -1.10. The molecule has 112 valence electrons. The topological polar surface area (TPSA) is 75.6 Å². The molecule has 0 aromatic carbocycles. The van der Waals surface area contributed by atoms with Crippen molar-refractivity contribution in [1.82, 2.24) is 5.32 Å². The Morgan fingerprint density at radius 2 is 1.84 bits per heavy atom. The van der Waals surface area contributed by atoms with Gasteiger partial charge in [0.2, 0.25) is 5.91 Å². The number of carboxylic acid groups (broad SMARTS) is 1. The fraction of sp³-hybridized carbons (Fsp3) is 0.857. The van der Waals surface area contributed by atoms with Crippen LogP contribution in [0.2, 0.25) is 0 Å². The van der Waals surface area contributed by atoms with E-state index in [9.17, 15) is 9.59 Å². The number of nitrogens with one attached hydrogen (secondary N) is 1. The predicted octanol–water partition coefficient (Wildman–Crippen LogP) is 2.20. The molecule has 0 fully saturated rings. The summed E-state index contributed by atoms with van der Waals surface area (Å²) in [4.78, 5) is 21.9. The zero-order valence-corrected chi connectivity index (χ0v) is 12.3. The predicted molar refractivity (Wildman–Crippen MR) is 74.0 cm³/mol. The van der Waals surface area contributed by atoms with Crippen LogP contribution in [0.4, 0.5) is 0 Å². The molecule has 0 saturated heterocycles. The van der Waals surface area contributed by atoms with Gasteiger partial charge in [-0.25, -0.2) is 0 Å². The van der Waals surface area contributed by atoms with Crippen molar-refractivity contribution in [3.05, 3.63) is 0 Å². The number of ether oxygens (including phenoxy) is 1. The van der Waals surface area contributed by atoms with E-state index in [0.717, 1.165) is 12.8 Å². The van der Waals surface area contributed by atoms with Gasteiger partial charge in [-0.05, 0) is 25.7 Å². The minimum Gasteiger partial charge on any atom is -0.481 e. The summed E-state index contributed by atoms with van der Waals surface area (Å²) in [5, 5.41) is 11.4. The highest BCUT2D eigenvalue weighted by Crippen LogP contribution is 2.09. The number of carboxylic acids is 1. The molecule has 0 aliphatic rings. The van der Waals surface area contributed by atoms with Crippen molar-refractivity contribution in [2.45, 2.75) is 58.9 Å². The van der Waals surface area contributed by atoms with Crippen molar-refractivity contribution in [3.63, 3.8) is 0 Å². The van der Waals surface area contributed by atoms with Crippen molar-refractivity contribution in [2.24, 2.45) is 5.92 Å². The Kier molecular flexibility index (Phi) is 10.2. The lowest BCUT2D eigenvalue weighted by molar-refractivity contribution is -0.138. The summed E-state index contributed by atoms with van der Waals surface area (Å²) in [6.45, 7) is 6.90. The maximum absolute atomic E-state index is 11.6. The van der Waals surface area contributed by atoms with Gasteiger partial charge in [0, 0.05) is 19.1 Å². The van der Waals surface area contributed by atoms with E-state index in [1.807, 2.05) is 6.92 Å². The Morgan fingerprint density at radius 3 is 2.42 bits per heavy atom. The summed E-state index contributed by atoms with van der Waals surface area (Å²) >= 11 is 0. The Labute approximate surface area is 115 Å². The maximum atomic E-state index is 11.6. The number of carbonyl (C=O) groups excluding carboxylic acids is 1. The number of aliphatic carboxylic acids is 1. The van der Waals surface area contributed by atoms with Gasteiger partial charge in [-0.2, -0.15) is 0 Å². The number of amides is 1. The van der Waals surface area contributed by atoms with Crippen molar-refractivity contribution < 1.29 is 19.4 Å². The molecule has 2 atom stereocenters. The Balaban J connectivity index is 3.54. The van der Waals surface area contributed by atoms with Crippen molar-refractivity contribution in [3.8, 4) is 0 Å². The van der Waals surface area contributed by atoms with E-state index >= 15 is 0 Å². The second kappa shape index (κ2) is 10.8. The summed E-state index contributed by atoms with van der Waals surface area (Å²) in [6, 6.07) is 0.0641. The summed E-state index contributed by atoms with van der Waals surface area (Å²) in [6.07, 6.45) is 3.31. The van der Waals surface area contributed by atoms with Crippen LogP contribution < -0.4 is 5.32 Å². The van der Waals surface area contributed by atoms with Gasteiger partial charge in [-0.15, -0.1) is 0 Å². The van der Waals surface area contributed by atoms with E-state index in [4.69, 9.17) is 9.84 Å². The minimum atomic E-state index is -0.855. The standard InChI is InChI=1S/C14H27NO4/c1-4-11(2)5-6-13(16)15-12(3)7-9-19-10-8-14(17)18/h11-12H,4-10H2,1-3H3,(H,15,16)(H,17,18). The third kappa shape index (κ3) is 11.7. The summed E-state index contributed by atoms with van der Waals surface area (Å²) in [5.41, 5.74) is 0. The molecule has 2 N–H and O–H groups in total. The van der Waals surface area contributed by atoms with E-state index in [-0.39, 0.29) is 25.0 Å².